The molecule has 0 saturated heterocycles. The van der Waals surface area contributed by atoms with E-state index in [1.54, 1.807) is 0 Å². The largest absolute Gasteiger partial charge is 0.479 e. The Morgan fingerprint density at radius 3 is 3.00 bits per heavy atom. The third-order valence-corrected chi connectivity index (χ3v) is 3.76. The number of nitrogens with one attached hydrogen (secondary N) is 1. The fourth-order valence-corrected chi connectivity index (χ4v) is 2.41. The zero-order valence-electron chi connectivity index (χ0n) is 12.0. The van der Waals surface area contributed by atoms with E-state index in [-0.39, 0.29) is 6.61 Å². The molecule has 0 bridgehead atoms. The minimum Gasteiger partial charge on any atom is -0.479 e. The molecule has 4 nitrogen and oxygen atoms in total. The Labute approximate surface area is 124 Å². The Kier molecular flexibility index (Phi) is 3.83. The van der Waals surface area contributed by atoms with Gasteiger partial charge in [-0.2, -0.15) is 5.26 Å². The number of anilines is 1. The molecule has 0 radical (unpaired) electrons. The predicted octanol–water partition coefficient (Wildman–Crippen LogP) is 3.92. The molecule has 1 saturated carbocycles. The predicted molar refractivity (Wildman–Crippen MR) is 80.1 cm³/mol. The van der Waals surface area contributed by atoms with E-state index in [1.165, 1.54) is 6.42 Å². The van der Waals surface area contributed by atoms with Gasteiger partial charge in [0.2, 0.25) is 0 Å². The van der Waals surface area contributed by atoms with Crippen LogP contribution in [0.4, 0.5) is 5.69 Å². The zero-order valence-corrected chi connectivity index (χ0v) is 12.0. The highest BCUT2D eigenvalue weighted by molar-refractivity contribution is 5.48. The van der Waals surface area contributed by atoms with Crippen molar-refractivity contribution in [2.45, 2.75) is 25.8 Å². The molecule has 2 aromatic rings. The van der Waals surface area contributed by atoms with Gasteiger partial charge in [0.15, 0.2) is 6.61 Å². The fraction of sp³-hybridized carbons (Fsp3) is 0.353. The summed E-state index contributed by atoms with van der Waals surface area (Å²) < 4.78 is 11.1. The molecule has 1 aliphatic rings. The van der Waals surface area contributed by atoms with Crippen molar-refractivity contribution in [3.63, 3.8) is 0 Å². The molecule has 2 atom stereocenters. The van der Waals surface area contributed by atoms with Crippen LogP contribution in [0.15, 0.2) is 40.8 Å². The first-order chi connectivity index (χ1) is 10.3. The van der Waals surface area contributed by atoms with E-state index in [4.69, 9.17) is 14.4 Å². The van der Waals surface area contributed by atoms with Gasteiger partial charge in [-0.05, 0) is 36.6 Å². The average molecular weight is 282 g/mol. The maximum absolute atomic E-state index is 8.52. The number of furan rings is 1. The summed E-state index contributed by atoms with van der Waals surface area (Å²) in [6, 6.07) is 13.6. The monoisotopic (exact) mass is 282 g/mol. The van der Waals surface area contributed by atoms with Crippen LogP contribution in [-0.2, 0) is 6.54 Å². The summed E-state index contributed by atoms with van der Waals surface area (Å²) in [6.45, 7) is 2.95. The number of rotatable bonds is 6. The molecule has 0 amide bonds. The molecular weight excluding hydrogens is 264 g/mol. The number of hydrogen-bond donors (Lipinski definition) is 1. The van der Waals surface area contributed by atoms with Gasteiger partial charge >= 0.3 is 0 Å². The van der Waals surface area contributed by atoms with Crippen molar-refractivity contribution >= 4 is 5.69 Å². The molecule has 0 spiro atoms. The maximum Gasteiger partial charge on any atom is 0.174 e. The molecule has 4 heteroatoms. The summed E-state index contributed by atoms with van der Waals surface area (Å²) in [7, 11) is 0. The Balaban J connectivity index is 1.57. The van der Waals surface area contributed by atoms with Gasteiger partial charge in [0, 0.05) is 17.7 Å². The highest BCUT2D eigenvalue weighted by Crippen LogP contribution is 2.47. The van der Waals surface area contributed by atoms with Crippen LogP contribution in [0.1, 0.15) is 30.8 Å². The first kappa shape index (κ1) is 13.6. The quantitative estimate of drug-likeness (QED) is 0.872. The minimum absolute atomic E-state index is 0.0601. The van der Waals surface area contributed by atoms with Crippen molar-refractivity contribution in [3.8, 4) is 11.8 Å². The van der Waals surface area contributed by atoms with Gasteiger partial charge in [-0.1, -0.05) is 13.0 Å². The van der Waals surface area contributed by atoms with Gasteiger partial charge < -0.3 is 14.5 Å². The maximum atomic E-state index is 8.52. The fourth-order valence-electron chi connectivity index (χ4n) is 2.41. The SMILES string of the molecule is CC1CC1c1ccc(CNc2cccc(OCC#N)c2)o1. The Morgan fingerprint density at radius 1 is 1.38 bits per heavy atom. The van der Waals surface area contributed by atoms with Gasteiger partial charge in [0.05, 0.1) is 6.54 Å². The summed E-state index contributed by atoms with van der Waals surface area (Å²) in [4.78, 5) is 0. The number of ether oxygens (including phenoxy) is 1. The summed E-state index contributed by atoms with van der Waals surface area (Å²) in [5.74, 6) is 4.10. The summed E-state index contributed by atoms with van der Waals surface area (Å²) in [6.07, 6.45) is 1.23. The second-order valence-electron chi connectivity index (χ2n) is 5.45. The molecule has 1 aromatic carbocycles. The standard InChI is InChI=1S/C17H18N2O2/c1-12-9-16(12)17-6-5-15(21-17)11-19-13-3-2-4-14(10-13)20-8-7-18/h2-6,10,12,16,19H,8-9,11H2,1H3. The summed E-state index contributed by atoms with van der Waals surface area (Å²) >= 11 is 0. The first-order valence-corrected chi connectivity index (χ1v) is 7.18. The van der Waals surface area contributed by atoms with E-state index in [9.17, 15) is 0 Å². The van der Waals surface area contributed by atoms with E-state index in [0.717, 1.165) is 23.1 Å². The molecule has 1 N–H and O–H groups in total. The Hall–Kier alpha value is -2.41. The van der Waals surface area contributed by atoms with E-state index < -0.39 is 0 Å². The van der Waals surface area contributed by atoms with E-state index in [2.05, 4.69) is 18.3 Å². The molecular formula is C17H18N2O2. The lowest BCUT2D eigenvalue weighted by Gasteiger charge is -2.07. The molecule has 108 valence electrons. The molecule has 21 heavy (non-hydrogen) atoms. The number of benzene rings is 1. The molecule has 0 aliphatic heterocycles. The van der Waals surface area contributed by atoms with Crippen LogP contribution in [0.25, 0.3) is 0 Å². The van der Waals surface area contributed by atoms with Gasteiger partial charge in [-0.25, -0.2) is 0 Å². The van der Waals surface area contributed by atoms with E-state index in [0.29, 0.717) is 18.2 Å². The molecule has 3 rings (SSSR count). The van der Waals surface area contributed by atoms with Crippen molar-refractivity contribution in [3.05, 3.63) is 47.9 Å². The van der Waals surface area contributed by atoms with Crippen LogP contribution in [0, 0.1) is 17.2 Å². The van der Waals surface area contributed by atoms with Crippen LogP contribution >= 0.6 is 0 Å². The molecule has 1 aromatic heterocycles. The highest BCUT2D eigenvalue weighted by atomic mass is 16.5. The van der Waals surface area contributed by atoms with Crippen LogP contribution < -0.4 is 10.1 Å². The minimum atomic E-state index is 0.0601. The van der Waals surface area contributed by atoms with E-state index >= 15 is 0 Å². The number of nitriles is 1. The molecule has 1 aliphatic carbocycles. The van der Waals surface area contributed by atoms with Crippen molar-refractivity contribution < 1.29 is 9.15 Å². The number of hydrogen-bond acceptors (Lipinski definition) is 4. The average Bonchev–Trinajstić information content (AvgIpc) is 3.05. The van der Waals surface area contributed by atoms with E-state index in [1.807, 2.05) is 36.4 Å². The number of nitrogens with zero attached hydrogens (tertiary/aromatic N) is 1. The smallest absolute Gasteiger partial charge is 0.174 e. The highest BCUT2D eigenvalue weighted by Gasteiger charge is 2.36. The first-order valence-electron chi connectivity index (χ1n) is 7.18. The lowest BCUT2D eigenvalue weighted by Crippen LogP contribution is -1.99. The summed E-state index contributed by atoms with van der Waals surface area (Å²) in [5, 5.41) is 11.8. The van der Waals surface area contributed by atoms with Gasteiger partial charge in [-0.15, -0.1) is 0 Å². The van der Waals surface area contributed by atoms with Crippen LogP contribution in [0.2, 0.25) is 0 Å². The van der Waals surface area contributed by atoms with Crippen molar-refractivity contribution in [1.29, 1.82) is 5.26 Å². The lowest BCUT2D eigenvalue weighted by atomic mass is 10.3. The van der Waals surface area contributed by atoms with Crippen LogP contribution in [0.5, 0.6) is 5.75 Å². The van der Waals surface area contributed by atoms with Crippen molar-refractivity contribution in [1.82, 2.24) is 0 Å². The normalized spacial score (nSPS) is 19.8. The molecule has 1 fully saturated rings. The second-order valence-corrected chi connectivity index (χ2v) is 5.45. The third-order valence-electron chi connectivity index (χ3n) is 3.76. The second kappa shape index (κ2) is 5.92. The Morgan fingerprint density at radius 2 is 2.24 bits per heavy atom. The van der Waals surface area contributed by atoms with Crippen LogP contribution in [-0.4, -0.2) is 6.61 Å². The van der Waals surface area contributed by atoms with Crippen molar-refractivity contribution in [2.75, 3.05) is 11.9 Å². The van der Waals surface area contributed by atoms with Crippen LogP contribution in [0.3, 0.4) is 0 Å². The topological polar surface area (TPSA) is 58.2 Å². The zero-order chi connectivity index (χ0) is 14.7. The van der Waals surface area contributed by atoms with Crippen molar-refractivity contribution in [2.24, 2.45) is 5.92 Å². The van der Waals surface area contributed by atoms with Gasteiger partial charge in [0.25, 0.3) is 0 Å². The Bertz CT molecular complexity index is 657. The van der Waals surface area contributed by atoms with Gasteiger partial charge in [-0.3, -0.25) is 0 Å². The summed E-state index contributed by atoms with van der Waals surface area (Å²) in [5.41, 5.74) is 0.947. The third kappa shape index (κ3) is 3.38. The molecule has 2 unspecified atom stereocenters. The lowest BCUT2D eigenvalue weighted by molar-refractivity contribution is 0.368. The molecule has 1 heterocycles. The van der Waals surface area contributed by atoms with Gasteiger partial charge in [0.1, 0.15) is 23.3 Å².